The summed E-state index contributed by atoms with van der Waals surface area (Å²) >= 11 is 1.64. The molecule has 0 saturated carbocycles. The SMILES string of the molecule is CC(C)c1ccc(-c2csc3ncnc(NCCN)c23)cc1. The molecular weight excluding hydrogens is 292 g/mol. The highest BCUT2D eigenvalue weighted by atomic mass is 32.1. The molecule has 0 fully saturated rings. The van der Waals surface area contributed by atoms with E-state index >= 15 is 0 Å². The van der Waals surface area contributed by atoms with E-state index in [0.29, 0.717) is 19.0 Å². The minimum absolute atomic E-state index is 0.540. The van der Waals surface area contributed by atoms with Gasteiger partial charge in [0.15, 0.2) is 0 Å². The van der Waals surface area contributed by atoms with E-state index in [1.54, 1.807) is 17.7 Å². The van der Waals surface area contributed by atoms with Gasteiger partial charge in [0.05, 0.1) is 5.39 Å². The van der Waals surface area contributed by atoms with Crippen molar-refractivity contribution in [1.29, 1.82) is 0 Å². The molecule has 4 nitrogen and oxygen atoms in total. The number of nitrogens with one attached hydrogen (secondary N) is 1. The second-order valence-electron chi connectivity index (χ2n) is 5.54. The van der Waals surface area contributed by atoms with Crippen LogP contribution >= 0.6 is 11.3 Å². The molecule has 0 atom stereocenters. The Bertz CT molecular complexity index is 762. The summed E-state index contributed by atoms with van der Waals surface area (Å²) in [6, 6.07) is 8.74. The van der Waals surface area contributed by atoms with Gasteiger partial charge in [0.25, 0.3) is 0 Å². The van der Waals surface area contributed by atoms with Crippen LogP contribution in [-0.2, 0) is 0 Å². The zero-order valence-electron chi connectivity index (χ0n) is 12.8. The van der Waals surface area contributed by atoms with E-state index in [0.717, 1.165) is 16.0 Å². The zero-order valence-corrected chi connectivity index (χ0v) is 13.7. The van der Waals surface area contributed by atoms with Crippen molar-refractivity contribution >= 4 is 27.4 Å². The molecule has 1 aromatic carbocycles. The van der Waals surface area contributed by atoms with Crippen LogP contribution in [0.1, 0.15) is 25.3 Å². The van der Waals surface area contributed by atoms with Gasteiger partial charge in [0.1, 0.15) is 17.0 Å². The van der Waals surface area contributed by atoms with Crippen LogP contribution < -0.4 is 11.1 Å². The maximum Gasteiger partial charge on any atom is 0.138 e. The van der Waals surface area contributed by atoms with Crippen molar-refractivity contribution < 1.29 is 0 Å². The number of aromatic nitrogens is 2. The molecule has 3 N–H and O–H groups in total. The average Bonchev–Trinajstić information content (AvgIpc) is 2.97. The lowest BCUT2D eigenvalue weighted by molar-refractivity contribution is 0.867. The molecule has 0 aliphatic rings. The summed E-state index contributed by atoms with van der Waals surface area (Å²) in [5.41, 5.74) is 9.31. The molecule has 22 heavy (non-hydrogen) atoms. The molecule has 0 saturated heterocycles. The van der Waals surface area contributed by atoms with E-state index in [-0.39, 0.29) is 0 Å². The highest BCUT2D eigenvalue weighted by Crippen LogP contribution is 2.36. The van der Waals surface area contributed by atoms with Crippen molar-refractivity contribution in [3.05, 3.63) is 41.5 Å². The Kier molecular flexibility index (Phi) is 4.36. The van der Waals surface area contributed by atoms with Gasteiger partial charge in [-0.3, -0.25) is 0 Å². The lowest BCUT2D eigenvalue weighted by Gasteiger charge is -2.09. The topological polar surface area (TPSA) is 63.8 Å². The van der Waals surface area contributed by atoms with E-state index in [2.05, 4.69) is 58.8 Å². The van der Waals surface area contributed by atoms with Gasteiger partial charge < -0.3 is 11.1 Å². The van der Waals surface area contributed by atoms with Gasteiger partial charge >= 0.3 is 0 Å². The number of nitrogens with two attached hydrogens (primary N) is 1. The third kappa shape index (κ3) is 2.82. The molecule has 0 radical (unpaired) electrons. The Labute approximate surface area is 134 Å². The Morgan fingerprint density at radius 1 is 1.18 bits per heavy atom. The number of fused-ring (bicyclic) bond motifs is 1. The Balaban J connectivity index is 2.06. The van der Waals surface area contributed by atoms with Crippen molar-refractivity contribution in [2.24, 2.45) is 5.73 Å². The zero-order chi connectivity index (χ0) is 15.5. The molecule has 3 aromatic rings. The van der Waals surface area contributed by atoms with Gasteiger partial charge in [-0.2, -0.15) is 0 Å². The standard InChI is InChI=1S/C17H20N4S/c1-11(2)12-3-5-13(6-4-12)14-9-22-17-15(14)16(19-8-7-18)20-10-21-17/h3-6,9-11H,7-8,18H2,1-2H3,(H,19,20,21). The molecule has 0 spiro atoms. The third-order valence-electron chi connectivity index (χ3n) is 3.70. The predicted molar refractivity (Wildman–Crippen MR) is 94.5 cm³/mol. The predicted octanol–water partition coefficient (Wildman–Crippen LogP) is 3.85. The summed E-state index contributed by atoms with van der Waals surface area (Å²) in [6.07, 6.45) is 1.60. The first-order valence-electron chi connectivity index (χ1n) is 7.47. The van der Waals surface area contributed by atoms with Crippen LogP contribution in [0.25, 0.3) is 21.3 Å². The minimum atomic E-state index is 0.540. The summed E-state index contributed by atoms with van der Waals surface area (Å²) in [5, 5.41) is 6.53. The maximum atomic E-state index is 5.59. The van der Waals surface area contributed by atoms with Crippen LogP contribution in [0, 0.1) is 0 Å². The molecule has 0 amide bonds. The van der Waals surface area contributed by atoms with Crippen LogP contribution in [0.15, 0.2) is 36.0 Å². The van der Waals surface area contributed by atoms with Gasteiger partial charge in [0, 0.05) is 24.0 Å². The first-order valence-corrected chi connectivity index (χ1v) is 8.35. The summed E-state index contributed by atoms with van der Waals surface area (Å²) in [7, 11) is 0. The second kappa shape index (κ2) is 6.42. The number of anilines is 1. The van der Waals surface area contributed by atoms with E-state index in [9.17, 15) is 0 Å². The minimum Gasteiger partial charge on any atom is -0.368 e. The largest absolute Gasteiger partial charge is 0.368 e. The van der Waals surface area contributed by atoms with Crippen molar-refractivity contribution in [2.75, 3.05) is 18.4 Å². The lowest BCUT2D eigenvalue weighted by Crippen LogP contribution is -2.14. The van der Waals surface area contributed by atoms with E-state index in [1.165, 1.54) is 16.7 Å². The van der Waals surface area contributed by atoms with E-state index in [4.69, 9.17) is 5.73 Å². The molecule has 2 aromatic heterocycles. The Morgan fingerprint density at radius 3 is 2.64 bits per heavy atom. The van der Waals surface area contributed by atoms with Crippen LogP contribution in [0.2, 0.25) is 0 Å². The Hall–Kier alpha value is -1.98. The van der Waals surface area contributed by atoms with Crippen molar-refractivity contribution in [2.45, 2.75) is 19.8 Å². The van der Waals surface area contributed by atoms with Crippen LogP contribution in [0.5, 0.6) is 0 Å². The number of thiophene rings is 1. The van der Waals surface area contributed by atoms with Gasteiger partial charge in [-0.15, -0.1) is 11.3 Å². The van der Waals surface area contributed by atoms with Crippen LogP contribution in [0.4, 0.5) is 5.82 Å². The van der Waals surface area contributed by atoms with Gasteiger partial charge in [-0.25, -0.2) is 9.97 Å². The quantitative estimate of drug-likeness (QED) is 0.751. The summed E-state index contributed by atoms with van der Waals surface area (Å²) < 4.78 is 0. The fourth-order valence-electron chi connectivity index (χ4n) is 2.46. The molecule has 0 unspecified atom stereocenters. The molecule has 114 valence electrons. The molecular formula is C17H20N4S. The van der Waals surface area contributed by atoms with Gasteiger partial charge in [0.2, 0.25) is 0 Å². The van der Waals surface area contributed by atoms with Crippen LogP contribution in [0.3, 0.4) is 0 Å². The number of nitrogens with zero attached hydrogens (tertiary/aromatic N) is 2. The number of hydrogen-bond acceptors (Lipinski definition) is 5. The first-order chi connectivity index (χ1) is 10.7. The highest BCUT2D eigenvalue weighted by Gasteiger charge is 2.13. The lowest BCUT2D eigenvalue weighted by atomic mass is 9.99. The molecule has 0 aliphatic heterocycles. The molecule has 0 bridgehead atoms. The summed E-state index contributed by atoms with van der Waals surface area (Å²) in [6.45, 7) is 5.69. The monoisotopic (exact) mass is 312 g/mol. The third-order valence-corrected chi connectivity index (χ3v) is 4.58. The average molecular weight is 312 g/mol. The molecule has 2 heterocycles. The number of hydrogen-bond donors (Lipinski definition) is 2. The normalized spacial score (nSPS) is 11.3. The van der Waals surface area contributed by atoms with Crippen LogP contribution in [-0.4, -0.2) is 23.1 Å². The second-order valence-corrected chi connectivity index (χ2v) is 6.40. The maximum absolute atomic E-state index is 5.59. The van der Waals surface area contributed by atoms with Gasteiger partial charge in [-0.1, -0.05) is 38.1 Å². The fraction of sp³-hybridized carbons (Fsp3) is 0.294. The van der Waals surface area contributed by atoms with Crippen molar-refractivity contribution in [1.82, 2.24) is 9.97 Å². The summed E-state index contributed by atoms with van der Waals surface area (Å²) in [5.74, 6) is 1.40. The first kappa shape index (κ1) is 14.9. The molecule has 3 rings (SSSR count). The molecule has 0 aliphatic carbocycles. The smallest absolute Gasteiger partial charge is 0.138 e. The summed E-state index contributed by atoms with van der Waals surface area (Å²) in [4.78, 5) is 9.75. The van der Waals surface area contributed by atoms with E-state index in [1.807, 2.05) is 0 Å². The Morgan fingerprint density at radius 2 is 1.95 bits per heavy atom. The van der Waals surface area contributed by atoms with Crippen molar-refractivity contribution in [3.63, 3.8) is 0 Å². The van der Waals surface area contributed by atoms with E-state index < -0.39 is 0 Å². The highest BCUT2D eigenvalue weighted by molar-refractivity contribution is 7.17. The van der Waals surface area contributed by atoms with Crippen molar-refractivity contribution in [3.8, 4) is 11.1 Å². The fourth-order valence-corrected chi connectivity index (χ4v) is 3.38. The molecule has 5 heteroatoms. The van der Waals surface area contributed by atoms with Gasteiger partial charge in [-0.05, 0) is 17.0 Å². The number of benzene rings is 1. The number of rotatable bonds is 5.